The number of nitrogens with two attached hydrogens (primary N) is 1. The predicted molar refractivity (Wildman–Crippen MR) is 78.7 cm³/mol. The Hall–Kier alpha value is -0.570. The summed E-state index contributed by atoms with van der Waals surface area (Å²) in [5.41, 5.74) is 5.57. The Morgan fingerprint density at radius 3 is 2.42 bits per heavy atom. The highest BCUT2D eigenvalue weighted by molar-refractivity contribution is 5.79. The van der Waals surface area contributed by atoms with Crippen LogP contribution in [-0.2, 0) is 4.79 Å². The summed E-state index contributed by atoms with van der Waals surface area (Å²) in [5.74, 6) is 2.28. The largest absolute Gasteiger partial charge is 0.339 e. The van der Waals surface area contributed by atoms with E-state index in [1.54, 1.807) is 0 Å². The van der Waals surface area contributed by atoms with Crippen molar-refractivity contribution in [3.63, 3.8) is 0 Å². The van der Waals surface area contributed by atoms with Crippen molar-refractivity contribution in [3.8, 4) is 0 Å². The van der Waals surface area contributed by atoms with E-state index < -0.39 is 0 Å². The number of amides is 1. The summed E-state index contributed by atoms with van der Waals surface area (Å²) in [6, 6.07) is 0. The Balaban J connectivity index is 1.97. The molecule has 0 spiro atoms. The summed E-state index contributed by atoms with van der Waals surface area (Å²) in [4.78, 5) is 14.5. The highest BCUT2D eigenvalue weighted by Gasteiger charge is 2.38. The second-order valence-electron chi connectivity index (χ2n) is 7.23. The van der Waals surface area contributed by atoms with Crippen molar-refractivity contribution in [1.29, 1.82) is 0 Å². The Morgan fingerprint density at radius 2 is 1.79 bits per heavy atom. The van der Waals surface area contributed by atoms with Crippen LogP contribution in [0.5, 0.6) is 0 Å². The Bertz CT molecular complexity index is 327. The third-order valence-electron chi connectivity index (χ3n) is 5.63. The molecule has 0 bridgehead atoms. The number of rotatable bonds is 3. The summed E-state index contributed by atoms with van der Waals surface area (Å²) < 4.78 is 0. The minimum atomic E-state index is -0.222. The molecule has 0 aromatic rings. The first-order valence-corrected chi connectivity index (χ1v) is 7.93. The summed E-state index contributed by atoms with van der Waals surface area (Å²) >= 11 is 0. The molecule has 2 saturated carbocycles. The molecule has 19 heavy (non-hydrogen) atoms. The van der Waals surface area contributed by atoms with Crippen molar-refractivity contribution >= 4 is 5.91 Å². The van der Waals surface area contributed by atoms with Crippen molar-refractivity contribution < 1.29 is 4.79 Å². The molecule has 0 aliphatic heterocycles. The molecule has 3 unspecified atom stereocenters. The zero-order valence-corrected chi connectivity index (χ0v) is 12.8. The second kappa shape index (κ2) is 5.82. The van der Waals surface area contributed by atoms with Crippen molar-refractivity contribution in [2.45, 2.75) is 64.3 Å². The van der Waals surface area contributed by atoms with Gasteiger partial charge in [-0.2, -0.15) is 0 Å². The van der Waals surface area contributed by atoms with E-state index in [-0.39, 0.29) is 11.5 Å². The molecule has 3 heteroatoms. The van der Waals surface area contributed by atoms with Crippen LogP contribution < -0.4 is 5.73 Å². The molecule has 2 rings (SSSR count). The smallest absolute Gasteiger partial charge is 0.225 e. The van der Waals surface area contributed by atoms with E-state index in [9.17, 15) is 4.79 Å². The van der Waals surface area contributed by atoms with E-state index >= 15 is 0 Å². The van der Waals surface area contributed by atoms with Crippen LogP contribution in [0.4, 0.5) is 0 Å². The van der Waals surface area contributed by atoms with E-state index in [0.29, 0.717) is 12.5 Å². The van der Waals surface area contributed by atoms with Gasteiger partial charge in [0.25, 0.3) is 0 Å². The van der Waals surface area contributed by atoms with Gasteiger partial charge >= 0.3 is 0 Å². The van der Waals surface area contributed by atoms with Gasteiger partial charge in [0.1, 0.15) is 0 Å². The first kappa shape index (κ1) is 14.8. The molecule has 3 nitrogen and oxygen atoms in total. The number of carbonyl (C=O) groups is 1. The van der Waals surface area contributed by atoms with Gasteiger partial charge in [0, 0.05) is 25.0 Å². The topological polar surface area (TPSA) is 46.3 Å². The monoisotopic (exact) mass is 266 g/mol. The highest BCUT2D eigenvalue weighted by atomic mass is 16.2. The molecule has 0 saturated heterocycles. The van der Waals surface area contributed by atoms with Gasteiger partial charge in [0.05, 0.1) is 0 Å². The van der Waals surface area contributed by atoms with Gasteiger partial charge in [-0.1, -0.05) is 25.7 Å². The van der Waals surface area contributed by atoms with Crippen LogP contribution in [-0.4, -0.2) is 29.9 Å². The van der Waals surface area contributed by atoms with Crippen molar-refractivity contribution in [3.05, 3.63) is 0 Å². The summed E-state index contributed by atoms with van der Waals surface area (Å²) in [6.07, 6.45) is 8.98. The summed E-state index contributed by atoms with van der Waals surface area (Å²) in [5, 5.41) is 0. The third kappa shape index (κ3) is 3.13. The van der Waals surface area contributed by atoms with E-state index in [4.69, 9.17) is 5.73 Å². The zero-order valence-electron chi connectivity index (χ0n) is 12.8. The first-order valence-electron chi connectivity index (χ1n) is 7.93. The molecule has 2 aliphatic carbocycles. The van der Waals surface area contributed by atoms with E-state index in [1.807, 2.05) is 11.9 Å². The summed E-state index contributed by atoms with van der Waals surface area (Å²) in [7, 11) is 1.92. The molecule has 0 heterocycles. The van der Waals surface area contributed by atoms with Crippen LogP contribution in [0.2, 0.25) is 0 Å². The fourth-order valence-electron chi connectivity index (χ4n) is 3.81. The number of hydrogen-bond donors (Lipinski definition) is 1. The molecule has 0 radical (unpaired) electrons. The molecule has 0 aromatic carbocycles. The Kier molecular flexibility index (Phi) is 4.54. The normalized spacial score (nSPS) is 31.7. The maximum absolute atomic E-state index is 12.6. The van der Waals surface area contributed by atoms with Gasteiger partial charge < -0.3 is 10.6 Å². The molecule has 110 valence electrons. The Morgan fingerprint density at radius 1 is 1.16 bits per heavy atom. The lowest BCUT2D eigenvalue weighted by Gasteiger charge is -2.42. The maximum atomic E-state index is 12.6. The molecular weight excluding hydrogens is 236 g/mol. The number of hydrogen-bond acceptors (Lipinski definition) is 2. The lowest BCUT2D eigenvalue weighted by atomic mass is 9.67. The Labute approximate surface area is 117 Å². The molecule has 2 fully saturated rings. The van der Waals surface area contributed by atoms with E-state index in [2.05, 4.69) is 13.8 Å². The molecular formula is C16H30N2O. The van der Waals surface area contributed by atoms with Crippen molar-refractivity contribution in [2.24, 2.45) is 23.5 Å². The van der Waals surface area contributed by atoms with Crippen molar-refractivity contribution in [2.75, 3.05) is 13.6 Å². The van der Waals surface area contributed by atoms with Gasteiger partial charge in [0.2, 0.25) is 5.91 Å². The van der Waals surface area contributed by atoms with Gasteiger partial charge in [-0.05, 0) is 44.9 Å². The molecule has 2 N–H and O–H groups in total. The van der Waals surface area contributed by atoms with Crippen LogP contribution in [0.15, 0.2) is 0 Å². The quantitative estimate of drug-likeness (QED) is 0.854. The number of likely N-dealkylation sites (N-methyl/N-ethyl adjacent to an activating group) is 1. The van der Waals surface area contributed by atoms with Gasteiger partial charge in [-0.3, -0.25) is 4.79 Å². The van der Waals surface area contributed by atoms with Crippen LogP contribution >= 0.6 is 0 Å². The standard InChI is InChI=1S/C16H30N2O/c1-16(2,11-17)18(3)15(19)14-9-8-12-6-4-5-7-13(12)10-14/h12-14H,4-11,17H2,1-3H3. The van der Waals surface area contributed by atoms with E-state index in [1.165, 1.54) is 32.1 Å². The maximum Gasteiger partial charge on any atom is 0.225 e. The van der Waals surface area contributed by atoms with Crippen molar-refractivity contribution in [1.82, 2.24) is 4.90 Å². The molecule has 3 atom stereocenters. The lowest BCUT2D eigenvalue weighted by Crippen LogP contribution is -2.52. The minimum Gasteiger partial charge on any atom is -0.339 e. The SMILES string of the molecule is CN(C(=O)C1CCC2CCCCC2C1)C(C)(C)CN. The molecule has 0 aromatic heterocycles. The highest BCUT2D eigenvalue weighted by Crippen LogP contribution is 2.43. The minimum absolute atomic E-state index is 0.222. The summed E-state index contributed by atoms with van der Waals surface area (Å²) in [6.45, 7) is 4.63. The van der Waals surface area contributed by atoms with Gasteiger partial charge in [-0.25, -0.2) is 0 Å². The van der Waals surface area contributed by atoms with Crippen LogP contribution in [0.3, 0.4) is 0 Å². The van der Waals surface area contributed by atoms with Gasteiger partial charge in [0.15, 0.2) is 0 Å². The van der Waals surface area contributed by atoms with E-state index in [0.717, 1.165) is 24.7 Å². The predicted octanol–water partition coefficient (Wildman–Crippen LogP) is 2.79. The zero-order chi connectivity index (χ0) is 14.0. The fraction of sp³-hybridized carbons (Fsp3) is 0.938. The first-order chi connectivity index (χ1) is 8.95. The number of nitrogens with zero attached hydrogens (tertiary/aromatic N) is 1. The van der Waals surface area contributed by atoms with Crippen LogP contribution in [0, 0.1) is 17.8 Å². The van der Waals surface area contributed by atoms with Crippen LogP contribution in [0.25, 0.3) is 0 Å². The third-order valence-corrected chi connectivity index (χ3v) is 5.63. The number of fused-ring (bicyclic) bond motifs is 1. The molecule has 2 aliphatic rings. The number of carbonyl (C=O) groups excluding carboxylic acids is 1. The lowest BCUT2D eigenvalue weighted by molar-refractivity contribution is -0.141. The second-order valence-corrected chi connectivity index (χ2v) is 7.23. The average Bonchev–Trinajstić information content (AvgIpc) is 2.45. The van der Waals surface area contributed by atoms with Gasteiger partial charge in [-0.15, -0.1) is 0 Å². The molecule has 1 amide bonds. The fourth-order valence-corrected chi connectivity index (χ4v) is 3.81. The van der Waals surface area contributed by atoms with Crippen LogP contribution in [0.1, 0.15) is 58.8 Å². The average molecular weight is 266 g/mol.